The Labute approximate surface area is 185 Å². The van der Waals surface area contributed by atoms with E-state index in [9.17, 15) is 0 Å². The number of para-hydroxylation sites is 2. The van der Waals surface area contributed by atoms with Crippen LogP contribution in [0, 0.1) is 4.84 Å². The molecule has 0 bridgehead atoms. The zero-order valence-electron chi connectivity index (χ0n) is 17.7. The molecule has 1 aromatic heterocycles. The van der Waals surface area contributed by atoms with Crippen molar-refractivity contribution in [1.82, 2.24) is 14.7 Å². The van der Waals surface area contributed by atoms with Crippen LogP contribution in [0.15, 0.2) is 46.9 Å². The lowest BCUT2D eigenvalue weighted by Crippen LogP contribution is -2.24. The summed E-state index contributed by atoms with van der Waals surface area (Å²) in [5.74, 6) is 3.22. The summed E-state index contributed by atoms with van der Waals surface area (Å²) in [5, 5.41) is 4.51. The van der Waals surface area contributed by atoms with Crippen LogP contribution in [0.3, 0.4) is 0 Å². The molecule has 9 heteroatoms. The van der Waals surface area contributed by atoms with Gasteiger partial charge < -0.3 is 23.4 Å². The Bertz CT molecular complexity index is 1100. The lowest BCUT2D eigenvalue weighted by molar-refractivity contribution is 0.0706. The van der Waals surface area contributed by atoms with Crippen LogP contribution in [-0.2, 0) is 13.2 Å². The molecule has 0 radical (unpaired) electrons. The number of fused-ring (bicyclic) bond motifs is 1. The van der Waals surface area contributed by atoms with Crippen molar-refractivity contribution in [2.24, 2.45) is 0 Å². The van der Waals surface area contributed by atoms with Gasteiger partial charge in [0.15, 0.2) is 23.0 Å². The molecule has 4 rings (SSSR count). The molecular weight excluding hydrogens is 418 g/mol. The first-order valence-corrected chi connectivity index (χ1v) is 10.4. The summed E-state index contributed by atoms with van der Waals surface area (Å²) < 4.78 is 30.1. The molecule has 0 amide bonds. The van der Waals surface area contributed by atoms with Crippen LogP contribution < -0.4 is 18.9 Å². The van der Waals surface area contributed by atoms with E-state index in [1.165, 1.54) is 0 Å². The smallest absolute Gasteiger partial charge is 0.288 e. The van der Waals surface area contributed by atoms with Crippen molar-refractivity contribution in [3.05, 3.63) is 58.8 Å². The summed E-state index contributed by atoms with van der Waals surface area (Å²) in [4.78, 5) is 2.36. The van der Waals surface area contributed by atoms with Gasteiger partial charge in [0.1, 0.15) is 6.61 Å². The minimum Gasteiger partial charge on any atom is -0.493 e. The minimum atomic E-state index is -0.446. The molecule has 164 valence electrons. The predicted molar refractivity (Wildman–Crippen MR) is 116 cm³/mol. The molecule has 0 spiro atoms. The van der Waals surface area contributed by atoms with E-state index in [0.29, 0.717) is 49.6 Å². The van der Waals surface area contributed by atoms with E-state index in [1.807, 2.05) is 56.4 Å². The topological polar surface area (TPSA) is 71.1 Å². The Morgan fingerprint density at radius 1 is 1.19 bits per heavy atom. The molecule has 0 aliphatic carbocycles. The van der Waals surface area contributed by atoms with E-state index in [-0.39, 0.29) is 4.84 Å². The molecule has 2 heterocycles. The molecule has 2 aromatic carbocycles. The molecule has 0 N–H and O–H groups in total. The number of rotatable bonds is 8. The van der Waals surface area contributed by atoms with Crippen LogP contribution in [0.25, 0.3) is 0 Å². The van der Waals surface area contributed by atoms with Gasteiger partial charge in [0, 0.05) is 6.54 Å². The highest BCUT2D eigenvalue weighted by atomic mass is 32.1. The van der Waals surface area contributed by atoms with Gasteiger partial charge in [-0.15, -0.1) is 5.10 Å². The Balaban J connectivity index is 1.42. The van der Waals surface area contributed by atoms with Gasteiger partial charge in [-0.25, -0.2) is 4.68 Å². The fourth-order valence-electron chi connectivity index (χ4n) is 3.36. The quantitative estimate of drug-likeness (QED) is 0.480. The van der Waals surface area contributed by atoms with Crippen LogP contribution in [0.1, 0.15) is 24.5 Å². The molecule has 1 aliphatic heterocycles. The first kappa shape index (κ1) is 21.2. The first-order chi connectivity index (χ1) is 15.1. The first-order valence-electron chi connectivity index (χ1n) is 10.0. The van der Waals surface area contributed by atoms with Gasteiger partial charge in [0.05, 0.1) is 20.4 Å². The largest absolute Gasteiger partial charge is 0.493 e. The number of ether oxygens (including phenoxy) is 4. The minimum absolute atomic E-state index is 0.286. The average Bonchev–Trinajstić information content (AvgIpc) is 3.14. The summed E-state index contributed by atoms with van der Waals surface area (Å²) in [7, 11) is 3.62. The van der Waals surface area contributed by atoms with E-state index in [1.54, 1.807) is 11.8 Å². The van der Waals surface area contributed by atoms with Crippen LogP contribution >= 0.6 is 12.2 Å². The maximum Gasteiger partial charge on any atom is 0.288 e. The second-order valence-corrected chi connectivity index (χ2v) is 7.49. The van der Waals surface area contributed by atoms with Crippen molar-refractivity contribution < 1.29 is 23.4 Å². The highest BCUT2D eigenvalue weighted by molar-refractivity contribution is 7.71. The van der Waals surface area contributed by atoms with E-state index in [4.69, 9.17) is 35.6 Å². The fourth-order valence-corrected chi connectivity index (χ4v) is 3.54. The Hall–Kier alpha value is -3.04. The molecule has 3 aromatic rings. The standard InChI is InChI=1S/C22H25N3O5S/c1-4-27-17-10-9-15(11-19(17)26-3)12-24(2)14-25-22(31)30-21(23-25)20-13-28-16-7-5-6-8-18(16)29-20/h5-11,20H,4,12-14H2,1-3H3/t20-/m1/s1. The van der Waals surface area contributed by atoms with Gasteiger partial charge in [-0.1, -0.05) is 18.2 Å². The Morgan fingerprint density at radius 3 is 2.77 bits per heavy atom. The van der Waals surface area contributed by atoms with Crippen LogP contribution in [0.5, 0.6) is 23.0 Å². The zero-order valence-corrected chi connectivity index (χ0v) is 18.6. The van der Waals surface area contributed by atoms with E-state index < -0.39 is 6.10 Å². The van der Waals surface area contributed by atoms with Gasteiger partial charge >= 0.3 is 0 Å². The van der Waals surface area contributed by atoms with Crippen molar-refractivity contribution in [2.45, 2.75) is 26.2 Å². The third kappa shape index (κ3) is 4.83. The summed E-state index contributed by atoms with van der Waals surface area (Å²) in [6.45, 7) is 3.98. The van der Waals surface area contributed by atoms with E-state index in [2.05, 4.69) is 10.00 Å². The Morgan fingerprint density at radius 2 is 2.00 bits per heavy atom. The summed E-state index contributed by atoms with van der Waals surface area (Å²) in [6.07, 6.45) is -0.446. The zero-order chi connectivity index (χ0) is 21.8. The molecule has 0 unspecified atom stereocenters. The van der Waals surface area contributed by atoms with Crippen molar-refractivity contribution in [3.8, 4) is 23.0 Å². The number of methoxy groups -OCH3 is 1. The molecule has 31 heavy (non-hydrogen) atoms. The molecule has 1 atom stereocenters. The van der Waals surface area contributed by atoms with E-state index in [0.717, 1.165) is 11.3 Å². The highest BCUT2D eigenvalue weighted by Crippen LogP contribution is 2.35. The second kappa shape index (κ2) is 9.40. The molecule has 0 saturated carbocycles. The summed E-state index contributed by atoms with van der Waals surface area (Å²) in [5.41, 5.74) is 1.08. The monoisotopic (exact) mass is 443 g/mol. The van der Waals surface area contributed by atoms with E-state index >= 15 is 0 Å². The molecule has 0 saturated heterocycles. The van der Waals surface area contributed by atoms with Crippen molar-refractivity contribution >= 4 is 12.2 Å². The average molecular weight is 444 g/mol. The third-order valence-corrected chi connectivity index (χ3v) is 5.06. The maximum absolute atomic E-state index is 5.96. The number of aromatic nitrogens is 2. The summed E-state index contributed by atoms with van der Waals surface area (Å²) >= 11 is 5.36. The molecular formula is C22H25N3O5S. The number of nitrogens with zero attached hydrogens (tertiary/aromatic N) is 3. The van der Waals surface area contributed by atoms with Gasteiger partial charge in [0.2, 0.25) is 6.10 Å². The lowest BCUT2D eigenvalue weighted by Gasteiger charge is -2.23. The van der Waals surface area contributed by atoms with Gasteiger partial charge in [0.25, 0.3) is 10.7 Å². The predicted octanol–water partition coefficient (Wildman–Crippen LogP) is 4.21. The molecule has 0 fully saturated rings. The lowest BCUT2D eigenvalue weighted by atomic mass is 10.2. The fraction of sp³-hybridized carbons (Fsp3) is 0.364. The summed E-state index contributed by atoms with van der Waals surface area (Å²) in [6, 6.07) is 13.4. The van der Waals surface area contributed by atoms with Gasteiger partial charge in [-0.3, -0.25) is 4.90 Å². The third-order valence-electron chi connectivity index (χ3n) is 4.76. The van der Waals surface area contributed by atoms with Gasteiger partial charge in [-0.2, -0.15) is 0 Å². The molecule has 1 aliphatic rings. The highest BCUT2D eigenvalue weighted by Gasteiger charge is 2.27. The van der Waals surface area contributed by atoms with Gasteiger partial charge in [-0.05, 0) is 56.0 Å². The normalized spacial score (nSPS) is 15.2. The SMILES string of the molecule is CCOc1ccc(CN(C)Cn2nc([C@H]3COc4ccccc4O3)oc2=S)cc1OC. The Kier molecular flexibility index (Phi) is 6.43. The number of hydrogen-bond donors (Lipinski definition) is 0. The van der Waals surface area contributed by atoms with Crippen molar-refractivity contribution in [1.29, 1.82) is 0 Å². The molecule has 8 nitrogen and oxygen atoms in total. The van der Waals surface area contributed by atoms with Crippen molar-refractivity contribution in [3.63, 3.8) is 0 Å². The number of benzene rings is 2. The van der Waals surface area contributed by atoms with Crippen molar-refractivity contribution in [2.75, 3.05) is 27.4 Å². The maximum atomic E-state index is 5.96. The van der Waals surface area contributed by atoms with Crippen LogP contribution in [-0.4, -0.2) is 42.1 Å². The number of hydrogen-bond acceptors (Lipinski definition) is 8. The van der Waals surface area contributed by atoms with Crippen LogP contribution in [0.4, 0.5) is 0 Å². The second-order valence-electron chi connectivity index (χ2n) is 7.14. The van der Waals surface area contributed by atoms with Crippen LogP contribution in [0.2, 0.25) is 0 Å².